The number of benzene rings is 1. The Kier molecular flexibility index (Phi) is 3.98. The molecule has 2 nitrogen and oxygen atoms in total. The van der Waals surface area contributed by atoms with E-state index >= 15 is 0 Å². The molecule has 2 N–H and O–H groups in total. The van der Waals surface area contributed by atoms with Crippen LogP contribution in [0.1, 0.15) is 24.5 Å². The van der Waals surface area contributed by atoms with Crippen molar-refractivity contribution in [2.75, 3.05) is 19.6 Å². The van der Waals surface area contributed by atoms with Crippen LogP contribution in [0.25, 0.3) is 0 Å². The van der Waals surface area contributed by atoms with Crippen LogP contribution in [-0.2, 0) is 0 Å². The molecule has 1 atom stereocenters. The van der Waals surface area contributed by atoms with E-state index in [2.05, 4.69) is 11.8 Å². The normalized spacial score (nSPS) is 17.8. The van der Waals surface area contributed by atoms with Gasteiger partial charge in [-0.2, -0.15) is 0 Å². The summed E-state index contributed by atoms with van der Waals surface area (Å²) in [5.41, 5.74) is 0.881. The predicted molar refractivity (Wildman–Crippen MR) is 64.0 cm³/mol. The van der Waals surface area contributed by atoms with Crippen LogP contribution in [0.2, 0.25) is 0 Å². The molecule has 84 valence electrons. The molecule has 0 bridgehead atoms. The van der Waals surface area contributed by atoms with Crippen molar-refractivity contribution in [3.8, 4) is 11.8 Å². The highest BCUT2D eigenvalue weighted by molar-refractivity contribution is 5.24. The molecule has 0 radical (unpaired) electrons. The van der Waals surface area contributed by atoms with Crippen LogP contribution < -0.4 is 4.90 Å². The Bertz CT molecular complexity index is 371. The van der Waals surface area contributed by atoms with Gasteiger partial charge < -0.3 is 10.0 Å². The van der Waals surface area contributed by atoms with Crippen LogP contribution in [0.5, 0.6) is 0 Å². The first-order chi connectivity index (χ1) is 7.86. The largest absolute Gasteiger partial charge is 0.376 e. The summed E-state index contributed by atoms with van der Waals surface area (Å²) in [6.07, 6.45) is 2.00. The van der Waals surface area contributed by atoms with Gasteiger partial charge in [-0.1, -0.05) is 36.3 Å². The minimum absolute atomic E-state index is 0.636. The molecular weight excluding hydrogens is 198 g/mol. The van der Waals surface area contributed by atoms with Gasteiger partial charge >= 0.3 is 0 Å². The summed E-state index contributed by atoms with van der Waals surface area (Å²) in [7, 11) is 0. The number of aliphatic hydroxyl groups is 1. The Labute approximate surface area is 96.9 Å². The van der Waals surface area contributed by atoms with Crippen molar-refractivity contribution < 1.29 is 10.0 Å². The van der Waals surface area contributed by atoms with Gasteiger partial charge in [0.15, 0.2) is 0 Å². The highest BCUT2D eigenvalue weighted by Crippen LogP contribution is 2.09. The third-order valence-corrected chi connectivity index (χ3v) is 3.00. The first-order valence-electron chi connectivity index (χ1n) is 5.91. The zero-order chi connectivity index (χ0) is 11.2. The highest BCUT2D eigenvalue weighted by atomic mass is 16.3. The maximum atomic E-state index is 9.81. The van der Waals surface area contributed by atoms with E-state index in [9.17, 15) is 5.11 Å². The van der Waals surface area contributed by atoms with Gasteiger partial charge in [-0.25, -0.2) is 0 Å². The van der Waals surface area contributed by atoms with Crippen molar-refractivity contribution in [3.05, 3.63) is 35.9 Å². The van der Waals surface area contributed by atoms with Crippen molar-refractivity contribution in [3.63, 3.8) is 0 Å². The zero-order valence-corrected chi connectivity index (χ0v) is 9.45. The van der Waals surface area contributed by atoms with Crippen LogP contribution in [0, 0.1) is 11.8 Å². The lowest BCUT2D eigenvalue weighted by atomic mass is 10.1. The molecule has 1 aromatic rings. The number of quaternary nitrogens is 1. The minimum atomic E-state index is -0.636. The summed E-state index contributed by atoms with van der Waals surface area (Å²) in [6.45, 7) is 3.33. The lowest BCUT2D eigenvalue weighted by Crippen LogP contribution is -3.09. The number of hydrogen-bond acceptors (Lipinski definition) is 1. The zero-order valence-electron chi connectivity index (χ0n) is 9.45. The predicted octanol–water partition coefficient (Wildman–Crippen LogP) is 0.402. The molecule has 2 rings (SSSR count). The number of nitrogens with one attached hydrogen (secondary N) is 1. The summed E-state index contributed by atoms with van der Waals surface area (Å²) in [4.78, 5) is 1.55. The minimum Gasteiger partial charge on any atom is -0.376 e. The van der Waals surface area contributed by atoms with Crippen molar-refractivity contribution >= 4 is 0 Å². The second-order valence-electron chi connectivity index (χ2n) is 4.27. The maximum Gasteiger partial charge on any atom is 0.140 e. The second-order valence-corrected chi connectivity index (χ2v) is 4.27. The van der Waals surface area contributed by atoms with E-state index in [1.807, 2.05) is 30.3 Å². The molecule has 1 aliphatic rings. The van der Waals surface area contributed by atoms with Crippen molar-refractivity contribution in [1.29, 1.82) is 0 Å². The van der Waals surface area contributed by atoms with Crippen LogP contribution in [0.4, 0.5) is 0 Å². The smallest absolute Gasteiger partial charge is 0.140 e. The molecule has 1 aliphatic heterocycles. The van der Waals surface area contributed by atoms with E-state index < -0.39 is 6.10 Å². The van der Waals surface area contributed by atoms with Crippen molar-refractivity contribution in [2.45, 2.75) is 18.9 Å². The molecule has 0 spiro atoms. The van der Waals surface area contributed by atoms with E-state index in [1.54, 1.807) is 4.90 Å². The van der Waals surface area contributed by atoms with Crippen LogP contribution in [0.3, 0.4) is 0 Å². The third-order valence-electron chi connectivity index (χ3n) is 3.00. The number of rotatable bonds is 2. The highest BCUT2D eigenvalue weighted by Gasteiger charge is 2.13. The van der Waals surface area contributed by atoms with E-state index in [1.165, 1.54) is 25.9 Å². The summed E-state index contributed by atoms with van der Waals surface area (Å²) in [6, 6.07) is 9.60. The number of aliphatic hydroxyl groups excluding tert-OH is 1. The summed E-state index contributed by atoms with van der Waals surface area (Å²) < 4.78 is 0. The van der Waals surface area contributed by atoms with Gasteiger partial charge in [0.25, 0.3) is 0 Å². The summed E-state index contributed by atoms with van der Waals surface area (Å²) in [5.74, 6) is 6.00. The van der Waals surface area contributed by atoms with Crippen LogP contribution in [-0.4, -0.2) is 24.7 Å². The molecule has 1 heterocycles. The van der Waals surface area contributed by atoms with E-state index in [0.717, 1.165) is 12.1 Å². The van der Waals surface area contributed by atoms with Crippen molar-refractivity contribution in [1.82, 2.24) is 0 Å². The van der Waals surface area contributed by atoms with Gasteiger partial charge in [-0.3, -0.25) is 0 Å². The lowest BCUT2D eigenvalue weighted by molar-refractivity contribution is -0.879. The molecule has 0 amide bonds. The molecule has 2 heteroatoms. The van der Waals surface area contributed by atoms with E-state index in [4.69, 9.17) is 0 Å². The molecule has 0 unspecified atom stereocenters. The van der Waals surface area contributed by atoms with E-state index in [0.29, 0.717) is 0 Å². The fraction of sp³-hybridized carbons (Fsp3) is 0.429. The van der Waals surface area contributed by atoms with Crippen LogP contribution >= 0.6 is 0 Å². The topological polar surface area (TPSA) is 24.7 Å². The SMILES string of the molecule is O[C@@H](C#CC[NH+]1CCCC1)c1ccccc1. The molecule has 16 heavy (non-hydrogen) atoms. The standard InChI is InChI=1S/C14H17NO/c16-14(13-7-2-1-3-8-13)9-6-12-15-10-4-5-11-15/h1-3,7-8,14,16H,4-5,10-12H2/p+1/t14-/m0/s1. The second kappa shape index (κ2) is 5.69. The first-order valence-corrected chi connectivity index (χ1v) is 5.91. The summed E-state index contributed by atoms with van der Waals surface area (Å²) >= 11 is 0. The number of hydrogen-bond donors (Lipinski definition) is 2. The fourth-order valence-corrected chi connectivity index (χ4v) is 2.04. The van der Waals surface area contributed by atoms with Gasteiger partial charge in [0.05, 0.1) is 13.1 Å². The maximum absolute atomic E-state index is 9.81. The molecule has 1 fully saturated rings. The fourth-order valence-electron chi connectivity index (χ4n) is 2.04. The van der Waals surface area contributed by atoms with Gasteiger partial charge in [0, 0.05) is 12.8 Å². The molecular formula is C14H18NO+. The van der Waals surface area contributed by atoms with Gasteiger partial charge in [-0.05, 0) is 11.5 Å². The molecule has 1 aromatic carbocycles. The molecule has 0 saturated carbocycles. The Morgan fingerprint density at radius 2 is 1.88 bits per heavy atom. The first kappa shape index (κ1) is 11.2. The molecule has 0 aliphatic carbocycles. The van der Waals surface area contributed by atoms with Crippen LogP contribution in [0.15, 0.2) is 30.3 Å². The lowest BCUT2D eigenvalue weighted by Gasteiger charge is -2.07. The average molecular weight is 216 g/mol. The summed E-state index contributed by atoms with van der Waals surface area (Å²) in [5, 5.41) is 9.81. The van der Waals surface area contributed by atoms with Gasteiger partial charge in [-0.15, -0.1) is 0 Å². The molecule has 1 saturated heterocycles. The monoisotopic (exact) mass is 216 g/mol. The van der Waals surface area contributed by atoms with Crippen molar-refractivity contribution in [2.24, 2.45) is 0 Å². The number of likely N-dealkylation sites (tertiary alicyclic amines) is 1. The van der Waals surface area contributed by atoms with E-state index in [-0.39, 0.29) is 0 Å². The Hall–Kier alpha value is -1.30. The average Bonchev–Trinajstić information content (AvgIpc) is 2.83. The Morgan fingerprint density at radius 1 is 1.19 bits per heavy atom. The quantitative estimate of drug-likeness (QED) is 0.687. The van der Waals surface area contributed by atoms with Gasteiger partial charge in [0.1, 0.15) is 12.6 Å². The van der Waals surface area contributed by atoms with Gasteiger partial charge in [0.2, 0.25) is 0 Å². The Balaban J connectivity index is 1.87. The third kappa shape index (κ3) is 3.10. The molecule has 0 aromatic heterocycles. The Morgan fingerprint density at radius 3 is 2.56 bits per heavy atom.